The van der Waals surface area contributed by atoms with Gasteiger partial charge in [-0.3, -0.25) is 14.2 Å². The summed E-state index contributed by atoms with van der Waals surface area (Å²) in [4.78, 5) is 28.8. The van der Waals surface area contributed by atoms with Crippen molar-refractivity contribution in [3.8, 4) is 5.69 Å². The topological polar surface area (TPSA) is 45.6 Å². The SMILES string of the molecule is O=C(c1ccc(=O)n(-c2ccccc2)c1)N1CCN(c2ccccc2F)CC1. The van der Waals surface area contributed by atoms with Gasteiger partial charge in [-0.1, -0.05) is 30.3 Å². The lowest BCUT2D eigenvalue weighted by atomic mass is 10.2. The van der Waals surface area contributed by atoms with Gasteiger partial charge in [-0.2, -0.15) is 0 Å². The number of benzene rings is 2. The minimum Gasteiger partial charge on any atom is -0.366 e. The van der Waals surface area contributed by atoms with Crippen LogP contribution in [0.1, 0.15) is 10.4 Å². The van der Waals surface area contributed by atoms with E-state index in [4.69, 9.17) is 0 Å². The second-order valence-electron chi connectivity index (χ2n) is 6.69. The number of para-hydroxylation sites is 2. The zero-order valence-corrected chi connectivity index (χ0v) is 15.3. The molecule has 0 saturated carbocycles. The fourth-order valence-electron chi connectivity index (χ4n) is 3.45. The molecule has 1 aliphatic heterocycles. The van der Waals surface area contributed by atoms with Gasteiger partial charge < -0.3 is 9.80 Å². The molecule has 1 aliphatic rings. The van der Waals surface area contributed by atoms with Gasteiger partial charge in [-0.25, -0.2) is 4.39 Å². The van der Waals surface area contributed by atoms with Gasteiger partial charge in [0.25, 0.3) is 11.5 Å². The Morgan fingerprint density at radius 3 is 2.21 bits per heavy atom. The van der Waals surface area contributed by atoms with Gasteiger partial charge in [-0.15, -0.1) is 0 Å². The average Bonchev–Trinajstić information content (AvgIpc) is 2.75. The number of rotatable bonds is 3. The fraction of sp³-hybridized carbons (Fsp3) is 0.182. The first-order valence-corrected chi connectivity index (χ1v) is 9.20. The normalized spacial score (nSPS) is 14.2. The highest BCUT2D eigenvalue weighted by atomic mass is 19.1. The Hall–Kier alpha value is -3.41. The molecule has 0 N–H and O–H groups in total. The van der Waals surface area contributed by atoms with Crippen LogP contribution >= 0.6 is 0 Å². The minimum atomic E-state index is -0.253. The molecule has 0 bridgehead atoms. The van der Waals surface area contributed by atoms with Crippen molar-refractivity contribution in [2.75, 3.05) is 31.1 Å². The number of nitrogens with zero attached hydrogens (tertiary/aromatic N) is 3. The predicted octanol–water partition coefficient (Wildman–Crippen LogP) is 2.94. The number of halogens is 1. The summed E-state index contributed by atoms with van der Waals surface area (Å²) in [6.45, 7) is 2.12. The Morgan fingerprint density at radius 1 is 0.821 bits per heavy atom. The third-order valence-corrected chi connectivity index (χ3v) is 4.95. The van der Waals surface area contributed by atoms with Crippen LogP contribution in [0.4, 0.5) is 10.1 Å². The molecular weight excluding hydrogens is 357 g/mol. The summed E-state index contributed by atoms with van der Waals surface area (Å²) in [6, 6.07) is 18.9. The van der Waals surface area contributed by atoms with E-state index in [0.717, 1.165) is 0 Å². The summed E-state index contributed by atoms with van der Waals surface area (Å²) in [7, 11) is 0. The van der Waals surface area contributed by atoms with Crippen LogP contribution in [-0.2, 0) is 0 Å². The number of piperazine rings is 1. The molecule has 2 aromatic carbocycles. The molecule has 6 heteroatoms. The number of anilines is 1. The van der Waals surface area contributed by atoms with Gasteiger partial charge in [0.1, 0.15) is 5.82 Å². The van der Waals surface area contributed by atoms with Gasteiger partial charge in [0, 0.05) is 44.1 Å². The second-order valence-corrected chi connectivity index (χ2v) is 6.69. The Morgan fingerprint density at radius 2 is 1.50 bits per heavy atom. The highest BCUT2D eigenvalue weighted by Gasteiger charge is 2.24. The number of hydrogen-bond donors (Lipinski definition) is 0. The third-order valence-electron chi connectivity index (χ3n) is 4.95. The largest absolute Gasteiger partial charge is 0.366 e. The first-order valence-electron chi connectivity index (χ1n) is 9.20. The maximum atomic E-state index is 14.0. The Kier molecular flexibility index (Phi) is 4.93. The molecule has 0 atom stereocenters. The summed E-state index contributed by atoms with van der Waals surface area (Å²) >= 11 is 0. The maximum Gasteiger partial charge on any atom is 0.255 e. The summed E-state index contributed by atoms with van der Waals surface area (Å²) in [5.74, 6) is -0.380. The van der Waals surface area contributed by atoms with Crippen molar-refractivity contribution in [3.63, 3.8) is 0 Å². The summed E-state index contributed by atoms with van der Waals surface area (Å²) in [5, 5.41) is 0. The standard InChI is InChI=1S/C22H20FN3O2/c23-19-8-4-5-9-20(19)24-12-14-25(15-13-24)22(28)17-10-11-21(27)26(16-17)18-6-2-1-3-7-18/h1-11,16H,12-15H2. The summed E-state index contributed by atoms with van der Waals surface area (Å²) < 4.78 is 15.5. The molecular formula is C22H20FN3O2. The molecule has 1 amide bonds. The number of aromatic nitrogens is 1. The zero-order valence-electron chi connectivity index (χ0n) is 15.3. The lowest BCUT2D eigenvalue weighted by Gasteiger charge is -2.36. The van der Waals surface area contributed by atoms with E-state index in [1.165, 1.54) is 16.7 Å². The van der Waals surface area contributed by atoms with Crippen LogP contribution < -0.4 is 10.5 Å². The van der Waals surface area contributed by atoms with E-state index in [2.05, 4.69) is 0 Å². The fourth-order valence-corrected chi connectivity index (χ4v) is 3.45. The molecule has 28 heavy (non-hydrogen) atoms. The van der Waals surface area contributed by atoms with Crippen LogP contribution in [0, 0.1) is 5.82 Å². The van der Waals surface area contributed by atoms with Crippen molar-refractivity contribution >= 4 is 11.6 Å². The van der Waals surface area contributed by atoms with Gasteiger partial charge in [0.05, 0.1) is 11.3 Å². The number of amides is 1. The molecule has 0 unspecified atom stereocenters. The van der Waals surface area contributed by atoms with Crippen molar-refractivity contribution in [2.45, 2.75) is 0 Å². The van der Waals surface area contributed by atoms with Crippen molar-refractivity contribution < 1.29 is 9.18 Å². The smallest absolute Gasteiger partial charge is 0.255 e. The highest BCUT2D eigenvalue weighted by molar-refractivity contribution is 5.94. The van der Waals surface area contributed by atoms with E-state index < -0.39 is 0 Å². The maximum absolute atomic E-state index is 14.0. The molecule has 1 saturated heterocycles. The van der Waals surface area contributed by atoms with Crippen LogP contribution in [0.25, 0.3) is 5.69 Å². The molecule has 0 spiro atoms. The van der Waals surface area contributed by atoms with Gasteiger partial charge in [-0.05, 0) is 30.3 Å². The number of pyridine rings is 1. The first-order chi connectivity index (χ1) is 13.6. The van der Waals surface area contributed by atoms with Crippen LogP contribution in [0.3, 0.4) is 0 Å². The summed E-state index contributed by atoms with van der Waals surface area (Å²) in [6.07, 6.45) is 1.59. The van der Waals surface area contributed by atoms with Crippen molar-refractivity contribution in [1.29, 1.82) is 0 Å². The van der Waals surface area contributed by atoms with E-state index in [9.17, 15) is 14.0 Å². The highest BCUT2D eigenvalue weighted by Crippen LogP contribution is 2.20. The number of hydrogen-bond acceptors (Lipinski definition) is 3. The predicted molar refractivity (Wildman–Crippen MR) is 107 cm³/mol. The van der Waals surface area contributed by atoms with E-state index in [0.29, 0.717) is 43.1 Å². The van der Waals surface area contributed by atoms with Crippen molar-refractivity contribution in [1.82, 2.24) is 9.47 Å². The number of carbonyl (C=O) groups excluding carboxylic acids is 1. The quantitative estimate of drug-likeness (QED) is 0.705. The minimum absolute atomic E-state index is 0.127. The molecule has 0 aliphatic carbocycles. The van der Waals surface area contributed by atoms with Crippen LogP contribution in [0.2, 0.25) is 0 Å². The lowest BCUT2D eigenvalue weighted by molar-refractivity contribution is 0.0746. The van der Waals surface area contributed by atoms with Crippen molar-refractivity contribution in [3.05, 3.63) is 94.7 Å². The van der Waals surface area contributed by atoms with E-state index in [-0.39, 0.29) is 17.3 Å². The van der Waals surface area contributed by atoms with Crippen LogP contribution in [0.15, 0.2) is 77.7 Å². The number of carbonyl (C=O) groups is 1. The molecule has 4 rings (SSSR count). The third kappa shape index (κ3) is 3.53. The zero-order chi connectivity index (χ0) is 19.5. The van der Waals surface area contributed by atoms with E-state index >= 15 is 0 Å². The second kappa shape index (κ2) is 7.68. The lowest BCUT2D eigenvalue weighted by Crippen LogP contribution is -2.49. The van der Waals surface area contributed by atoms with Gasteiger partial charge >= 0.3 is 0 Å². The Balaban J connectivity index is 1.50. The van der Waals surface area contributed by atoms with Crippen molar-refractivity contribution in [2.24, 2.45) is 0 Å². The molecule has 1 fully saturated rings. The van der Waals surface area contributed by atoms with E-state index in [1.54, 1.807) is 29.3 Å². The summed E-state index contributed by atoms with van der Waals surface area (Å²) in [5.41, 5.74) is 1.55. The first kappa shape index (κ1) is 18.0. The average molecular weight is 377 g/mol. The van der Waals surface area contributed by atoms with Gasteiger partial charge in [0.15, 0.2) is 0 Å². The van der Waals surface area contributed by atoms with E-state index in [1.807, 2.05) is 41.3 Å². The molecule has 2 heterocycles. The van der Waals surface area contributed by atoms with Gasteiger partial charge in [0.2, 0.25) is 0 Å². The molecule has 142 valence electrons. The Bertz CT molecular complexity index is 1040. The molecule has 1 aromatic heterocycles. The van der Waals surface area contributed by atoms with Crippen LogP contribution in [-0.4, -0.2) is 41.6 Å². The molecule has 3 aromatic rings. The van der Waals surface area contributed by atoms with Crippen LogP contribution in [0.5, 0.6) is 0 Å². The Labute approximate surface area is 162 Å². The molecule has 5 nitrogen and oxygen atoms in total. The molecule has 0 radical (unpaired) electrons. The monoisotopic (exact) mass is 377 g/mol.